The normalized spacial score (nSPS) is 13.4. The van der Waals surface area contributed by atoms with Gasteiger partial charge in [0.15, 0.2) is 0 Å². The Bertz CT molecular complexity index is 1190. The minimum absolute atomic E-state index is 0.0146. The van der Waals surface area contributed by atoms with Crippen LogP contribution in [0.2, 0.25) is 0 Å². The maximum absolute atomic E-state index is 13.2. The van der Waals surface area contributed by atoms with E-state index in [1.165, 1.54) is 18.3 Å². The van der Waals surface area contributed by atoms with Crippen LogP contribution in [0.5, 0.6) is 0 Å². The number of aromatic nitrogens is 2. The van der Waals surface area contributed by atoms with Gasteiger partial charge in [-0.05, 0) is 24.6 Å². The fourth-order valence-electron chi connectivity index (χ4n) is 4.11. The number of piperazine rings is 1. The van der Waals surface area contributed by atoms with E-state index in [2.05, 4.69) is 14.9 Å². The van der Waals surface area contributed by atoms with Gasteiger partial charge in [-0.1, -0.05) is 30.3 Å². The Balaban J connectivity index is 1.35. The molecule has 1 aromatic heterocycles. The van der Waals surface area contributed by atoms with E-state index >= 15 is 0 Å². The standard InChI is InChI=1S/C26H28N6O4/c1-20-17-28-24(18-27-20)26(34)31(19-21-5-3-2-4-6-21)12-11-25(33)30-15-13-29(14-16-30)22-7-9-23(10-8-22)32(35)36/h2-10,17-18H,11-16,19H2,1H3. The first-order chi connectivity index (χ1) is 17.4. The molecule has 0 spiro atoms. The molecule has 10 nitrogen and oxygen atoms in total. The molecule has 3 aromatic rings. The first-order valence-corrected chi connectivity index (χ1v) is 11.8. The van der Waals surface area contributed by atoms with E-state index in [0.29, 0.717) is 32.7 Å². The molecule has 186 valence electrons. The SMILES string of the molecule is Cc1cnc(C(=O)N(CCC(=O)N2CCN(c3ccc([N+](=O)[O-])cc3)CC2)Cc2ccccc2)cn1. The Morgan fingerprint density at radius 3 is 2.28 bits per heavy atom. The van der Waals surface area contributed by atoms with Gasteiger partial charge in [-0.25, -0.2) is 4.98 Å². The highest BCUT2D eigenvalue weighted by Gasteiger charge is 2.24. The first kappa shape index (κ1) is 24.8. The molecule has 1 fully saturated rings. The number of nitro benzene ring substituents is 1. The zero-order valence-corrected chi connectivity index (χ0v) is 20.1. The Morgan fingerprint density at radius 2 is 1.67 bits per heavy atom. The second kappa shape index (κ2) is 11.4. The molecule has 0 aliphatic carbocycles. The van der Waals surface area contributed by atoms with Crippen molar-refractivity contribution in [1.29, 1.82) is 0 Å². The summed E-state index contributed by atoms with van der Waals surface area (Å²) in [6, 6.07) is 16.1. The van der Waals surface area contributed by atoms with Crippen molar-refractivity contribution in [3.05, 3.63) is 94.1 Å². The van der Waals surface area contributed by atoms with E-state index in [-0.39, 0.29) is 36.2 Å². The third kappa shape index (κ3) is 6.21. The monoisotopic (exact) mass is 488 g/mol. The average molecular weight is 489 g/mol. The maximum Gasteiger partial charge on any atom is 0.274 e. The van der Waals surface area contributed by atoms with Crippen LogP contribution in [0, 0.1) is 17.0 Å². The van der Waals surface area contributed by atoms with Gasteiger partial charge >= 0.3 is 0 Å². The summed E-state index contributed by atoms with van der Waals surface area (Å²) in [4.78, 5) is 50.6. The van der Waals surface area contributed by atoms with Gasteiger partial charge in [-0.15, -0.1) is 0 Å². The van der Waals surface area contributed by atoms with Gasteiger partial charge in [0.25, 0.3) is 11.6 Å². The lowest BCUT2D eigenvalue weighted by Crippen LogP contribution is -2.49. The molecule has 4 rings (SSSR count). The van der Waals surface area contributed by atoms with Crippen LogP contribution in [0.4, 0.5) is 11.4 Å². The van der Waals surface area contributed by atoms with Crippen LogP contribution in [0.15, 0.2) is 67.0 Å². The van der Waals surface area contributed by atoms with Crippen molar-refractivity contribution in [3.63, 3.8) is 0 Å². The van der Waals surface area contributed by atoms with Crippen LogP contribution in [-0.4, -0.2) is 69.2 Å². The van der Waals surface area contributed by atoms with Crippen LogP contribution < -0.4 is 4.90 Å². The third-order valence-electron chi connectivity index (χ3n) is 6.16. The number of hydrogen-bond acceptors (Lipinski definition) is 7. The summed E-state index contributed by atoms with van der Waals surface area (Å²) in [6.45, 7) is 4.81. The molecule has 2 aromatic carbocycles. The number of anilines is 1. The van der Waals surface area contributed by atoms with Crippen LogP contribution in [0.3, 0.4) is 0 Å². The van der Waals surface area contributed by atoms with Crippen molar-refractivity contribution in [2.24, 2.45) is 0 Å². The Morgan fingerprint density at radius 1 is 0.972 bits per heavy atom. The summed E-state index contributed by atoms with van der Waals surface area (Å²) >= 11 is 0. The molecule has 0 atom stereocenters. The molecule has 0 unspecified atom stereocenters. The molecule has 1 aliphatic rings. The van der Waals surface area contributed by atoms with E-state index in [1.807, 2.05) is 37.3 Å². The molecule has 0 bridgehead atoms. The topological polar surface area (TPSA) is 113 Å². The minimum atomic E-state index is -0.419. The van der Waals surface area contributed by atoms with Crippen molar-refractivity contribution in [1.82, 2.24) is 19.8 Å². The summed E-state index contributed by atoms with van der Waals surface area (Å²) in [5.74, 6) is -0.277. The number of benzene rings is 2. The molecule has 2 heterocycles. The fourth-order valence-corrected chi connectivity index (χ4v) is 4.11. The van der Waals surface area contributed by atoms with Crippen molar-refractivity contribution in [2.45, 2.75) is 19.9 Å². The van der Waals surface area contributed by atoms with Gasteiger partial charge < -0.3 is 14.7 Å². The molecule has 0 saturated carbocycles. The summed E-state index contributed by atoms with van der Waals surface area (Å²) in [5, 5.41) is 10.9. The van der Waals surface area contributed by atoms with Crippen molar-refractivity contribution >= 4 is 23.2 Å². The quantitative estimate of drug-likeness (QED) is 0.354. The molecule has 10 heteroatoms. The minimum Gasteiger partial charge on any atom is -0.368 e. The smallest absolute Gasteiger partial charge is 0.274 e. The zero-order valence-electron chi connectivity index (χ0n) is 20.1. The van der Waals surface area contributed by atoms with Gasteiger partial charge in [0.2, 0.25) is 5.91 Å². The number of rotatable bonds is 8. The van der Waals surface area contributed by atoms with Crippen molar-refractivity contribution < 1.29 is 14.5 Å². The Kier molecular flexibility index (Phi) is 7.84. The van der Waals surface area contributed by atoms with Crippen molar-refractivity contribution in [3.8, 4) is 0 Å². The molecule has 36 heavy (non-hydrogen) atoms. The van der Waals surface area contributed by atoms with Gasteiger partial charge in [0.1, 0.15) is 5.69 Å². The number of aryl methyl sites for hydroxylation is 1. The van der Waals surface area contributed by atoms with Crippen molar-refractivity contribution in [2.75, 3.05) is 37.6 Å². The highest BCUT2D eigenvalue weighted by Crippen LogP contribution is 2.21. The number of hydrogen-bond donors (Lipinski definition) is 0. The van der Waals surface area contributed by atoms with Gasteiger partial charge in [-0.3, -0.25) is 24.7 Å². The highest BCUT2D eigenvalue weighted by molar-refractivity contribution is 5.92. The molecule has 1 saturated heterocycles. The number of carbonyl (C=O) groups excluding carboxylic acids is 2. The molecule has 0 N–H and O–H groups in total. The summed E-state index contributed by atoms with van der Waals surface area (Å²) in [5.41, 5.74) is 2.89. The zero-order chi connectivity index (χ0) is 25.5. The van der Waals surface area contributed by atoms with E-state index in [0.717, 1.165) is 16.9 Å². The van der Waals surface area contributed by atoms with Gasteiger partial charge in [0, 0.05) is 69.7 Å². The Labute approximate surface area is 209 Å². The summed E-state index contributed by atoms with van der Waals surface area (Å²) in [6.07, 6.45) is 3.23. The van der Waals surface area contributed by atoms with E-state index in [1.54, 1.807) is 28.1 Å². The Hall–Kier alpha value is -4.34. The van der Waals surface area contributed by atoms with Crippen LogP contribution in [0.1, 0.15) is 28.2 Å². The van der Waals surface area contributed by atoms with Gasteiger partial charge in [0.05, 0.1) is 16.8 Å². The lowest BCUT2D eigenvalue weighted by molar-refractivity contribution is -0.384. The molecule has 0 radical (unpaired) electrons. The maximum atomic E-state index is 13.2. The fraction of sp³-hybridized carbons (Fsp3) is 0.308. The number of carbonyl (C=O) groups is 2. The highest BCUT2D eigenvalue weighted by atomic mass is 16.6. The second-order valence-electron chi connectivity index (χ2n) is 8.65. The molecule has 2 amide bonds. The molecular formula is C26H28N6O4. The lowest BCUT2D eigenvalue weighted by Gasteiger charge is -2.36. The van der Waals surface area contributed by atoms with E-state index in [9.17, 15) is 19.7 Å². The number of nitro groups is 1. The predicted octanol–water partition coefficient (Wildman–Crippen LogP) is 3.07. The van der Waals surface area contributed by atoms with Crippen LogP contribution in [-0.2, 0) is 11.3 Å². The average Bonchev–Trinajstić information content (AvgIpc) is 2.91. The lowest BCUT2D eigenvalue weighted by atomic mass is 10.2. The van der Waals surface area contributed by atoms with Crippen LogP contribution in [0.25, 0.3) is 0 Å². The first-order valence-electron chi connectivity index (χ1n) is 11.8. The van der Waals surface area contributed by atoms with E-state index in [4.69, 9.17) is 0 Å². The number of amides is 2. The third-order valence-corrected chi connectivity index (χ3v) is 6.16. The number of non-ortho nitro benzene ring substituents is 1. The summed E-state index contributed by atoms with van der Waals surface area (Å²) < 4.78 is 0. The van der Waals surface area contributed by atoms with Crippen LogP contribution >= 0.6 is 0 Å². The predicted molar refractivity (Wildman–Crippen MR) is 134 cm³/mol. The molecular weight excluding hydrogens is 460 g/mol. The largest absolute Gasteiger partial charge is 0.368 e. The molecule has 1 aliphatic heterocycles. The summed E-state index contributed by atoms with van der Waals surface area (Å²) in [7, 11) is 0. The van der Waals surface area contributed by atoms with Gasteiger partial charge in [-0.2, -0.15) is 0 Å². The number of nitrogens with zero attached hydrogens (tertiary/aromatic N) is 6. The van der Waals surface area contributed by atoms with E-state index < -0.39 is 4.92 Å². The second-order valence-corrected chi connectivity index (χ2v) is 8.65.